The number of hydrogen-bond donors (Lipinski definition) is 0. The predicted octanol–water partition coefficient (Wildman–Crippen LogP) is 4.78. The van der Waals surface area contributed by atoms with E-state index in [2.05, 4.69) is 29.4 Å². The topological polar surface area (TPSA) is 83.2 Å². The summed E-state index contributed by atoms with van der Waals surface area (Å²) in [5, 5.41) is 9.18. The number of carbonyl (C=O) groups is 1. The summed E-state index contributed by atoms with van der Waals surface area (Å²) in [6, 6.07) is 10.4. The minimum absolute atomic E-state index is 0.145. The molecule has 1 aliphatic heterocycles. The lowest BCUT2D eigenvalue weighted by molar-refractivity contribution is 0.0888. The van der Waals surface area contributed by atoms with Gasteiger partial charge in [-0.3, -0.25) is 9.69 Å². The van der Waals surface area contributed by atoms with E-state index < -0.39 is 9.84 Å². The van der Waals surface area contributed by atoms with Crippen LogP contribution in [0.1, 0.15) is 78.8 Å². The second-order valence-electron chi connectivity index (χ2n) is 9.70. The van der Waals surface area contributed by atoms with Crippen LogP contribution >= 0.6 is 0 Å². The first-order valence-corrected chi connectivity index (χ1v) is 14.3. The lowest BCUT2D eigenvalue weighted by Gasteiger charge is -2.27. The maximum atomic E-state index is 13.6. The summed E-state index contributed by atoms with van der Waals surface area (Å²) < 4.78 is 25.3. The van der Waals surface area contributed by atoms with Crippen LogP contribution in [0.25, 0.3) is 5.69 Å². The largest absolute Gasteiger partial charge is 0.317 e. The molecule has 34 heavy (non-hydrogen) atoms. The molecular weight excluding hydrogens is 446 g/mol. The van der Waals surface area contributed by atoms with E-state index in [-0.39, 0.29) is 11.5 Å². The van der Waals surface area contributed by atoms with E-state index >= 15 is 0 Å². The summed E-state index contributed by atoms with van der Waals surface area (Å²) in [7, 11) is -3.00. The summed E-state index contributed by atoms with van der Waals surface area (Å²) in [4.78, 5) is 16.0. The number of nitriles is 1. The zero-order chi connectivity index (χ0) is 25.0. The van der Waals surface area contributed by atoms with Crippen molar-refractivity contribution in [3.8, 4) is 11.8 Å². The standard InChI is InChI=1S/C27H37N3O3S/c1-6-23-13-10-19(2)29(23)18-26(31)27-20(3)25(9-7-8-16-34(5,32)33)30(21(27)4)24-14-11-22(17-28)12-15-24/h11-12,14-15,19,23H,6-10,13,16,18H2,1-5H3. The SMILES string of the molecule is CCC1CCC(C)N1CC(=O)c1c(C)c(CCCCS(C)(=O)=O)n(-c2ccc(C#N)cc2)c1C. The zero-order valence-corrected chi connectivity index (χ0v) is 21.9. The van der Waals surface area contributed by atoms with Gasteiger partial charge in [0.25, 0.3) is 0 Å². The molecule has 2 heterocycles. The van der Waals surface area contributed by atoms with Gasteiger partial charge in [0, 0.05) is 46.7 Å². The molecule has 2 atom stereocenters. The monoisotopic (exact) mass is 483 g/mol. The van der Waals surface area contributed by atoms with Crippen molar-refractivity contribution >= 4 is 15.6 Å². The zero-order valence-electron chi connectivity index (χ0n) is 21.1. The van der Waals surface area contributed by atoms with Crippen molar-refractivity contribution in [3.05, 3.63) is 52.3 Å². The molecule has 1 saturated heterocycles. The summed E-state index contributed by atoms with van der Waals surface area (Å²) in [5.74, 6) is 0.312. The summed E-state index contributed by atoms with van der Waals surface area (Å²) >= 11 is 0. The Morgan fingerprint density at radius 3 is 2.41 bits per heavy atom. The van der Waals surface area contributed by atoms with Gasteiger partial charge in [0.15, 0.2) is 5.78 Å². The fourth-order valence-electron chi connectivity index (χ4n) is 5.39. The Hall–Kier alpha value is -2.43. The van der Waals surface area contributed by atoms with E-state index in [0.29, 0.717) is 37.0 Å². The Morgan fingerprint density at radius 1 is 1.15 bits per heavy atom. The van der Waals surface area contributed by atoms with Crippen molar-refractivity contribution in [3.63, 3.8) is 0 Å². The number of sulfone groups is 1. The Labute approximate surface area is 204 Å². The van der Waals surface area contributed by atoms with Gasteiger partial charge in [0.1, 0.15) is 9.84 Å². The van der Waals surface area contributed by atoms with Crippen LogP contribution in [-0.4, -0.2) is 54.3 Å². The van der Waals surface area contributed by atoms with Gasteiger partial charge >= 0.3 is 0 Å². The number of hydrogen-bond acceptors (Lipinski definition) is 5. The van der Waals surface area contributed by atoms with Crippen LogP contribution in [0.2, 0.25) is 0 Å². The van der Waals surface area contributed by atoms with Crippen molar-refractivity contribution in [1.29, 1.82) is 5.26 Å². The van der Waals surface area contributed by atoms with Crippen LogP contribution in [0, 0.1) is 25.2 Å². The van der Waals surface area contributed by atoms with E-state index in [0.717, 1.165) is 53.9 Å². The molecule has 1 aliphatic rings. The Kier molecular flexibility index (Phi) is 8.38. The van der Waals surface area contributed by atoms with Gasteiger partial charge < -0.3 is 4.57 Å². The van der Waals surface area contributed by atoms with Crippen molar-refractivity contribution in [2.75, 3.05) is 18.6 Å². The third-order valence-corrected chi connectivity index (χ3v) is 8.27. The Morgan fingerprint density at radius 2 is 1.82 bits per heavy atom. The highest BCUT2D eigenvalue weighted by molar-refractivity contribution is 7.90. The van der Waals surface area contributed by atoms with E-state index in [1.165, 1.54) is 6.26 Å². The number of aromatic nitrogens is 1. The maximum Gasteiger partial charge on any atom is 0.178 e. The van der Waals surface area contributed by atoms with Gasteiger partial charge in [-0.15, -0.1) is 0 Å². The molecule has 2 aromatic rings. The quantitative estimate of drug-likeness (QED) is 0.359. The fraction of sp³-hybridized carbons (Fsp3) is 0.556. The summed E-state index contributed by atoms with van der Waals surface area (Å²) in [6.45, 7) is 8.82. The molecule has 1 aromatic carbocycles. The molecule has 0 bridgehead atoms. The third-order valence-electron chi connectivity index (χ3n) is 7.24. The molecule has 1 fully saturated rings. The summed E-state index contributed by atoms with van der Waals surface area (Å²) in [6.07, 6.45) is 6.58. The average molecular weight is 484 g/mol. The van der Waals surface area contributed by atoms with Crippen molar-refractivity contribution in [1.82, 2.24) is 9.47 Å². The van der Waals surface area contributed by atoms with Crippen LogP contribution in [0.4, 0.5) is 0 Å². The second kappa shape index (κ2) is 10.9. The molecule has 2 unspecified atom stereocenters. The third kappa shape index (κ3) is 5.79. The Balaban J connectivity index is 1.97. The number of benzene rings is 1. The number of rotatable bonds is 10. The first-order chi connectivity index (χ1) is 16.1. The van der Waals surface area contributed by atoms with Gasteiger partial charge in [-0.05, 0) is 89.1 Å². The first kappa shape index (κ1) is 26.2. The van der Waals surface area contributed by atoms with Gasteiger partial charge in [-0.1, -0.05) is 6.92 Å². The predicted molar refractivity (Wildman–Crippen MR) is 136 cm³/mol. The smallest absolute Gasteiger partial charge is 0.178 e. The minimum Gasteiger partial charge on any atom is -0.317 e. The molecule has 0 radical (unpaired) electrons. The number of carbonyl (C=O) groups excluding carboxylic acids is 1. The van der Waals surface area contributed by atoms with Crippen molar-refractivity contribution in [2.45, 2.75) is 78.3 Å². The van der Waals surface area contributed by atoms with Crippen LogP contribution in [0.15, 0.2) is 24.3 Å². The molecule has 6 nitrogen and oxygen atoms in total. The summed E-state index contributed by atoms with van der Waals surface area (Å²) in [5.41, 5.74) is 5.20. The molecular formula is C27H37N3O3S. The molecule has 1 aromatic heterocycles. The molecule has 0 amide bonds. The van der Waals surface area contributed by atoms with E-state index in [9.17, 15) is 18.5 Å². The highest BCUT2D eigenvalue weighted by atomic mass is 32.2. The molecule has 7 heteroatoms. The minimum atomic E-state index is -3.00. The van der Waals surface area contributed by atoms with Gasteiger partial charge in [0.2, 0.25) is 0 Å². The van der Waals surface area contributed by atoms with Crippen LogP contribution < -0.4 is 0 Å². The average Bonchev–Trinajstić information content (AvgIpc) is 3.26. The van der Waals surface area contributed by atoms with Crippen molar-refractivity contribution in [2.24, 2.45) is 0 Å². The number of unbranched alkanes of at least 4 members (excludes halogenated alkanes) is 1. The van der Waals surface area contributed by atoms with E-state index in [1.807, 2.05) is 26.0 Å². The van der Waals surface area contributed by atoms with Crippen molar-refractivity contribution < 1.29 is 13.2 Å². The number of likely N-dealkylation sites (tertiary alicyclic amines) is 1. The number of nitrogens with zero attached hydrogens (tertiary/aromatic N) is 3. The highest BCUT2D eigenvalue weighted by Gasteiger charge is 2.32. The number of ketones is 1. The Bertz CT molecular complexity index is 1170. The first-order valence-electron chi connectivity index (χ1n) is 12.2. The number of Topliss-reactive ketones (excluding diaryl/α,β-unsaturated/α-hetero) is 1. The van der Waals surface area contributed by atoms with Crippen LogP contribution in [0.5, 0.6) is 0 Å². The lowest BCUT2D eigenvalue weighted by Crippen LogP contribution is -2.38. The molecule has 0 N–H and O–H groups in total. The van der Waals surface area contributed by atoms with E-state index in [1.54, 1.807) is 12.1 Å². The van der Waals surface area contributed by atoms with Gasteiger partial charge in [-0.25, -0.2) is 8.42 Å². The molecule has 0 aliphatic carbocycles. The normalized spacial score (nSPS) is 18.8. The molecule has 0 spiro atoms. The molecule has 0 saturated carbocycles. The molecule has 184 valence electrons. The fourth-order valence-corrected chi connectivity index (χ4v) is 6.12. The van der Waals surface area contributed by atoms with E-state index in [4.69, 9.17) is 0 Å². The van der Waals surface area contributed by atoms with Gasteiger partial charge in [-0.2, -0.15) is 5.26 Å². The van der Waals surface area contributed by atoms with Crippen LogP contribution in [0.3, 0.4) is 0 Å². The lowest BCUT2D eigenvalue weighted by atomic mass is 10.0. The molecule has 3 rings (SSSR count). The second-order valence-corrected chi connectivity index (χ2v) is 12.0. The maximum absolute atomic E-state index is 13.6. The van der Waals surface area contributed by atoms with Crippen LogP contribution in [-0.2, 0) is 16.3 Å². The van der Waals surface area contributed by atoms with Gasteiger partial charge in [0.05, 0.1) is 18.2 Å². The highest BCUT2D eigenvalue weighted by Crippen LogP contribution is 2.31.